The first-order valence-electron chi connectivity index (χ1n) is 8.61. The van der Waals surface area contributed by atoms with Crippen molar-refractivity contribution < 1.29 is 17.5 Å². The first kappa shape index (κ1) is 19.0. The molecule has 2 aromatic rings. The summed E-state index contributed by atoms with van der Waals surface area (Å²) in [5.74, 6) is -0.464. The molecule has 1 atom stereocenters. The maximum atomic E-state index is 14.1. The fourth-order valence-corrected chi connectivity index (χ4v) is 5.15. The van der Waals surface area contributed by atoms with Crippen LogP contribution in [0.2, 0.25) is 0 Å². The number of hydrogen-bond acceptors (Lipinski definition) is 3. The molecule has 1 saturated heterocycles. The van der Waals surface area contributed by atoms with Crippen LogP contribution in [0.3, 0.4) is 0 Å². The lowest BCUT2D eigenvalue weighted by molar-refractivity contribution is -0.0668. The summed E-state index contributed by atoms with van der Waals surface area (Å²) in [6, 6.07) is 13.8. The first-order valence-corrected chi connectivity index (χ1v) is 10.2. The van der Waals surface area contributed by atoms with Crippen LogP contribution in [0.25, 0.3) is 0 Å². The third-order valence-electron chi connectivity index (χ3n) is 4.70. The highest BCUT2D eigenvalue weighted by Gasteiger charge is 2.43. The molecule has 4 nitrogen and oxygen atoms in total. The van der Waals surface area contributed by atoms with Gasteiger partial charge in [0.2, 0.25) is 10.0 Å². The molecule has 6 heteroatoms. The topological polar surface area (TPSA) is 46.6 Å². The molecule has 0 amide bonds. The summed E-state index contributed by atoms with van der Waals surface area (Å²) >= 11 is 0. The lowest BCUT2D eigenvalue weighted by Crippen LogP contribution is -2.56. The third kappa shape index (κ3) is 3.98. The van der Waals surface area contributed by atoms with Gasteiger partial charge in [0.15, 0.2) is 0 Å². The van der Waals surface area contributed by atoms with Gasteiger partial charge in [-0.2, -0.15) is 4.31 Å². The van der Waals surface area contributed by atoms with E-state index in [0.717, 1.165) is 11.1 Å². The van der Waals surface area contributed by atoms with E-state index in [1.807, 2.05) is 45.0 Å². The lowest BCUT2D eigenvalue weighted by atomic mass is 10.0. The second-order valence-electron chi connectivity index (χ2n) is 7.41. The van der Waals surface area contributed by atoms with Gasteiger partial charge in [-0.15, -0.1) is 0 Å². The Hall–Kier alpha value is -1.76. The van der Waals surface area contributed by atoms with E-state index in [0.29, 0.717) is 5.56 Å². The van der Waals surface area contributed by atoms with Crippen molar-refractivity contribution in [2.75, 3.05) is 13.2 Å². The Morgan fingerprint density at radius 2 is 1.81 bits per heavy atom. The minimum absolute atomic E-state index is 0.0826. The zero-order valence-corrected chi connectivity index (χ0v) is 16.1. The van der Waals surface area contributed by atoms with Gasteiger partial charge in [0.25, 0.3) is 0 Å². The molecule has 1 aliphatic heterocycles. The van der Waals surface area contributed by atoms with Crippen LogP contribution in [0.4, 0.5) is 4.39 Å². The van der Waals surface area contributed by atoms with E-state index in [9.17, 15) is 12.8 Å². The van der Waals surface area contributed by atoms with E-state index in [1.54, 1.807) is 18.2 Å². The van der Waals surface area contributed by atoms with Crippen molar-refractivity contribution in [2.24, 2.45) is 0 Å². The van der Waals surface area contributed by atoms with E-state index < -0.39 is 21.7 Å². The summed E-state index contributed by atoms with van der Waals surface area (Å²) in [4.78, 5) is 0. The van der Waals surface area contributed by atoms with E-state index >= 15 is 0 Å². The monoisotopic (exact) mass is 377 g/mol. The van der Waals surface area contributed by atoms with E-state index in [-0.39, 0.29) is 24.7 Å². The molecule has 0 bridgehead atoms. The highest BCUT2D eigenvalue weighted by atomic mass is 32.2. The minimum atomic E-state index is -3.58. The average molecular weight is 377 g/mol. The van der Waals surface area contributed by atoms with Crippen LogP contribution in [0.5, 0.6) is 0 Å². The summed E-state index contributed by atoms with van der Waals surface area (Å²) in [6.07, 6.45) is -0.614. The predicted octanol–water partition coefficient (Wildman–Crippen LogP) is 3.82. The molecular formula is C20H24FNO3S. The van der Waals surface area contributed by atoms with Gasteiger partial charge in [-0.3, -0.25) is 0 Å². The minimum Gasteiger partial charge on any atom is -0.370 e. The number of morpholine rings is 1. The summed E-state index contributed by atoms with van der Waals surface area (Å²) in [5, 5.41) is 0. The van der Waals surface area contributed by atoms with Crippen LogP contribution in [-0.4, -0.2) is 31.4 Å². The van der Waals surface area contributed by atoms with Gasteiger partial charge in [0.05, 0.1) is 24.0 Å². The van der Waals surface area contributed by atoms with Crippen molar-refractivity contribution in [3.05, 3.63) is 71.0 Å². The van der Waals surface area contributed by atoms with Gasteiger partial charge >= 0.3 is 0 Å². The molecule has 0 radical (unpaired) electrons. The number of benzene rings is 2. The maximum Gasteiger partial charge on any atom is 0.218 e. The third-order valence-corrected chi connectivity index (χ3v) is 6.72. The van der Waals surface area contributed by atoms with E-state index in [4.69, 9.17) is 4.74 Å². The number of aryl methyl sites for hydroxylation is 1. The van der Waals surface area contributed by atoms with Crippen LogP contribution >= 0.6 is 0 Å². The van der Waals surface area contributed by atoms with Crippen molar-refractivity contribution in [3.8, 4) is 0 Å². The largest absolute Gasteiger partial charge is 0.370 e. The molecule has 0 N–H and O–H groups in total. The molecular weight excluding hydrogens is 353 g/mol. The molecule has 1 fully saturated rings. The molecule has 1 unspecified atom stereocenters. The SMILES string of the molecule is Cc1ccc(CS(=O)(=O)N2CC(c3ccccc3F)OCC2(C)C)cc1. The molecule has 26 heavy (non-hydrogen) atoms. The number of ether oxygens (including phenoxy) is 1. The number of halogens is 1. The van der Waals surface area contributed by atoms with E-state index in [2.05, 4.69) is 0 Å². The molecule has 0 aromatic heterocycles. The molecule has 0 spiro atoms. The van der Waals surface area contributed by atoms with Crippen molar-refractivity contribution in [1.29, 1.82) is 0 Å². The Bertz CT molecular complexity index is 878. The Morgan fingerprint density at radius 1 is 1.15 bits per heavy atom. The summed E-state index contributed by atoms with van der Waals surface area (Å²) < 4.78 is 47.6. The molecule has 1 aliphatic rings. The highest BCUT2D eigenvalue weighted by molar-refractivity contribution is 7.88. The zero-order valence-electron chi connectivity index (χ0n) is 15.3. The summed E-state index contributed by atoms with van der Waals surface area (Å²) in [5.41, 5.74) is 1.52. The van der Waals surface area contributed by atoms with Gasteiger partial charge < -0.3 is 4.74 Å². The highest BCUT2D eigenvalue weighted by Crippen LogP contribution is 2.34. The number of nitrogens with zero attached hydrogens (tertiary/aromatic N) is 1. The average Bonchev–Trinajstić information content (AvgIpc) is 2.57. The second kappa shape index (κ2) is 7.10. The van der Waals surface area contributed by atoms with Gasteiger partial charge in [-0.25, -0.2) is 12.8 Å². The summed E-state index contributed by atoms with van der Waals surface area (Å²) in [7, 11) is -3.58. The van der Waals surface area contributed by atoms with Crippen molar-refractivity contribution in [2.45, 2.75) is 38.2 Å². The fraction of sp³-hybridized carbons (Fsp3) is 0.400. The van der Waals surface area contributed by atoms with Crippen molar-refractivity contribution in [1.82, 2.24) is 4.31 Å². The second-order valence-corrected chi connectivity index (χ2v) is 9.30. The lowest BCUT2D eigenvalue weighted by Gasteiger charge is -2.44. The molecule has 1 heterocycles. The Labute approximate surface area is 154 Å². The van der Waals surface area contributed by atoms with Gasteiger partial charge in [-0.1, -0.05) is 48.0 Å². The zero-order chi connectivity index (χ0) is 18.9. The molecule has 0 aliphatic carbocycles. The van der Waals surface area contributed by atoms with Crippen molar-refractivity contribution in [3.63, 3.8) is 0 Å². The van der Waals surface area contributed by atoms with Gasteiger partial charge in [0.1, 0.15) is 5.82 Å². The molecule has 2 aromatic carbocycles. The van der Waals surface area contributed by atoms with Crippen LogP contribution in [0.1, 0.15) is 36.6 Å². The number of rotatable bonds is 4. The smallest absolute Gasteiger partial charge is 0.218 e. The Kier molecular flexibility index (Phi) is 5.19. The van der Waals surface area contributed by atoms with E-state index in [1.165, 1.54) is 10.4 Å². The van der Waals surface area contributed by atoms with Crippen LogP contribution in [0.15, 0.2) is 48.5 Å². The number of sulfonamides is 1. The van der Waals surface area contributed by atoms with Crippen LogP contribution in [0, 0.1) is 12.7 Å². The fourth-order valence-electron chi connectivity index (χ4n) is 3.21. The number of hydrogen-bond donors (Lipinski definition) is 0. The Morgan fingerprint density at radius 3 is 2.46 bits per heavy atom. The summed E-state index contributed by atoms with van der Waals surface area (Å²) in [6.45, 7) is 5.93. The van der Waals surface area contributed by atoms with Gasteiger partial charge in [0, 0.05) is 12.1 Å². The first-order chi connectivity index (χ1) is 12.2. The van der Waals surface area contributed by atoms with Gasteiger partial charge in [-0.05, 0) is 32.4 Å². The van der Waals surface area contributed by atoms with Crippen molar-refractivity contribution >= 4 is 10.0 Å². The molecule has 0 saturated carbocycles. The molecule has 3 rings (SSSR count). The quantitative estimate of drug-likeness (QED) is 0.814. The van der Waals surface area contributed by atoms with Crippen LogP contribution in [-0.2, 0) is 20.5 Å². The maximum absolute atomic E-state index is 14.1. The molecule has 140 valence electrons. The van der Waals surface area contributed by atoms with Crippen LogP contribution < -0.4 is 0 Å². The standard InChI is InChI=1S/C20H24FNO3S/c1-15-8-10-16(11-9-15)13-26(23,24)22-12-19(25-14-20(22,2)3)17-6-4-5-7-18(17)21/h4-11,19H,12-14H2,1-3H3. The predicted molar refractivity (Wildman–Crippen MR) is 99.7 cm³/mol. The normalized spacial score (nSPS) is 20.8. The Balaban J connectivity index is 1.87.